The zero-order valence-electron chi connectivity index (χ0n) is 44.7. The average Bonchev–Trinajstić information content (AvgIpc) is 3.65. The van der Waals surface area contributed by atoms with Gasteiger partial charge in [-0.1, -0.05) is 8.55 Å². The quantitative estimate of drug-likeness (QED) is 0.0269. The van der Waals surface area contributed by atoms with Gasteiger partial charge in [0.2, 0.25) is 15.8 Å². The topological polar surface area (TPSA) is 1240 Å². The second-order valence-electron chi connectivity index (χ2n) is 8.80. The second-order valence-corrected chi connectivity index (χ2v) is 15.3. The summed E-state index contributed by atoms with van der Waals surface area (Å²) in [6.07, 6.45) is 0. The van der Waals surface area contributed by atoms with Gasteiger partial charge in [0.15, 0.2) is 0 Å². The van der Waals surface area contributed by atoms with Gasteiger partial charge in [0.25, 0.3) is 0 Å². The van der Waals surface area contributed by atoms with Gasteiger partial charge in [-0.15, -0.1) is 0 Å². The fourth-order valence-electron chi connectivity index (χ4n) is 1.71. The van der Waals surface area contributed by atoms with Crippen molar-refractivity contribution >= 4 is 34.4 Å². The molecule has 0 heterocycles. The summed E-state index contributed by atoms with van der Waals surface area (Å²) in [7, 11) is 0. The van der Waals surface area contributed by atoms with Crippen molar-refractivity contribution in [2.75, 3.05) is 0 Å². The van der Waals surface area contributed by atoms with Crippen molar-refractivity contribution in [1.82, 2.24) is 0 Å². The molecule has 0 amide bonds. The molecule has 100 heavy (non-hydrogen) atoms. The van der Waals surface area contributed by atoms with Gasteiger partial charge in [-0.05, 0) is 78.3 Å². The lowest BCUT2D eigenvalue weighted by Gasteiger charge is -1.71. The Balaban J connectivity index is 4.12. The van der Waals surface area contributed by atoms with E-state index in [4.69, 9.17) is 3.37 Å². The first-order valence-corrected chi connectivity index (χ1v) is 28.0. The summed E-state index contributed by atoms with van der Waals surface area (Å²) < 4.78 is 12.2. The van der Waals surface area contributed by atoms with Crippen LogP contribution in [0.2, 0.25) is 0 Å². The maximum absolute atomic E-state index is 8.91. The molecule has 0 aromatic rings. The second kappa shape index (κ2) is 78.8. The maximum Gasteiger partial charge on any atom is 0.239 e. The Hall–Kier alpha value is -18.2. The number of hydrogen-bond acceptors (Lipinski definition) is 3. The number of nitrogens with zero attached hydrogens (tertiary/aromatic N) is 97. The highest BCUT2D eigenvalue weighted by atomic mass is 128. The molecule has 2 N–H and O–H groups in total. The fourth-order valence-corrected chi connectivity index (χ4v) is 2.45. The molecule has 0 aromatic carbocycles. The van der Waals surface area contributed by atoms with Gasteiger partial charge in [-0.2, -0.15) is 0 Å². The number of rotatable bonds is 47. The van der Waals surface area contributed by atoms with E-state index in [0.717, 1.165) is 0 Å². The lowest BCUT2D eigenvalue weighted by molar-refractivity contribution is 0.723. The van der Waals surface area contributed by atoms with Crippen molar-refractivity contribution in [2.24, 2.45) is 505 Å². The van der Waals surface area contributed by atoms with E-state index in [1.165, 1.54) is 0 Å². The van der Waals surface area contributed by atoms with Crippen LogP contribution in [0.3, 0.4) is 0 Å². The lowest BCUT2D eigenvalue weighted by Crippen LogP contribution is -1.70. The Morgan fingerprint density at radius 1 is 0.120 bits per heavy atom. The summed E-state index contributed by atoms with van der Waals surface area (Å²) in [6.45, 7) is 0. The van der Waals surface area contributed by atoms with E-state index < -0.39 is 15.8 Å². The minimum Gasteiger partial charge on any atom is -0.303 e. The van der Waals surface area contributed by atoms with E-state index >= 15 is 0 Å². The van der Waals surface area contributed by atoms with Crippen LogP contribution in [0.5, 0.6) is 0 Å². The molecule has 0 aliphatic carbocycles. The van der Waals surface area contributed by atoms with E-state index in [1.807, 2.05) is 0 Å². The molecular weight excluding hydrogens is 1630 g/mol. The fraction of sp³-hybridized carbons (Fsp3) is 0. The van der Waals surface area contributed by atoms with Crippen LogP contribution in [0.4, 0.5) is 0 Å². The molecule has 0 bridgehead atoms. The van der Waals surface area contributed by atoms with Crippen LogP contribution in [0.25, 0.3) is 0 Å². The van der Waals surface area contributed by atoms with E-state index in [0.29, 0.717) is 0 Å². The van der Waals surface area contributed by atoms with E-state index in [1.54, 1.807) is 18.6 Å². The lowest BCUT2D eigenvalue weighted by atomic mass is 12.3. The number of hydrogen-bond donors (Lipinski definition) is 1. The third-order valence-corrected chi connectivity index (χ3v) is 5.51. The van der Waals surface area contributed by atoms with Crippen molar-refractivity contribution in [2.45, 2.75) is 0 Å². The Labute approximate surface area is 541 Å². The van der Waals surface area contributed by atoms with Gasteiger partial charge >= 0.3 is 0 Å². The molecule has 0 saturated carbocycles. The van der Waals surface area contributed by atoms with Crippen LogP contribution in [0.15, 0.2) is 500 Å². The average molecular weight is 1630 g/mol. The van der Waals surface area contributed by atoms with Crippen LogP contribution >= 0.6 is 34.4 Å². The summed E-state index contributed by atoms with van der Waals surface area (Å²) in [6, 6.07) is 0. The first kappa shape index (κ1) is 81.8. The molecule has 0 aromatic heterocycles. The standard InChI is InChI=1S/H2I2N98/c1-2(3)5-7-9-11-13-15-17-19-21-23-25-27-29-31-33-35-37-39-41-43-45-47-49-51-53-55-57-59-61-63-65-67-69-71-73-75-77-79-81-83-85-87-89-91-93-95-97-99-100-98-96-94-92-90-88-86-84-82-80-78-76-74-72-70-68-66-64-62-60-58-56-54-52-50-48-46-44-42-40-38-36-34-32-30-28-26-24-22-20-18-16-14-12-10-8-6-4/h(H2,4,5,8,9,12,13,16,17,20,21,24,25,28,29,32,33,36,37,40,41,44,45,48,49,52,53,56,57,60,61,64,65,68,69,72,73,76,77,80,81,84,85,88,89,92,93,96,97,100). The number of nitrogens with two attached hydrogens (primary N) is 1. The van der Waals surface area contributed by atoms with Crippen molar-refractivity contribution in [1.29, 1.82) is 3.37 Å². The van der Waals surface area contributed by atoms with Crippen molar-refractivity contribution in [3.63, 3.8) is 0 Å². The maximum atomic E-state index is 8.91. The predicted octanol–water partition coefficient (Wildman–Crippen LogP) is 18.8. The van der Waals surface area contributed by atoms with Crippen LogP contribution in [0.1, 0.15) is 0 Å². The third-order valence-electron chi connectivity index (χ3n) is 3.87. The minimum atomic E-state index is -2.43. The molecule has 0 fully saturated rings. The van der Waals surface area contributed by atoms with Gasteiger partial charge < -0.3 is 5.84 Å². The molecule has 0 aliphatic heterocycles. The summed E-state index contributed by atoms with van der Waals surface area (Å²) in [4.78, 5) is 0. The van der Waals surface area contributed by atoms with Crippen LogP contribution in [0, 0.1) is 3.37 Å². The Kier molecular flexibility index (Phi) is 64.4. The summed E-state index contributed by atoms with van der Waals surface area (Å²) >= 11 is -0.722. The van der Waals surface area contributed by atoms with Crippen LogP contribution in [-0.4, -0.2) is 0 Å². The molecule has 0 atom stereocenters. The molecule has 98 nitrogen and oxygen atoms in total. The molecular formula is H2I2N98. The monoisotopic (exact) mass is 1630 g/mol. The summed E-state index contributed by atoms with van der Waals surface area (Å²) in [5, 5.41) is 285. The van der Waals surface area contributed by atoms with Crippen LogP contribution < -0.4 is 5.84 Å². The van der Waals surface area contributed by atoms with Gasteiger partial charge in [0, 0.05) is 431 Å². The van der Waals surface area contributed by atoms with Gasteiger partial charge in [0.1, 0.15) is 0 Å². The first-order valence-electron chi connectivity index (χ1n) is 19.7. The van der Waals surface area contributed by atoms with E-state index in [9.17, 15) is 0 Å². The highest BCUT2D eigenvalue weighted by Gasteiger charge is 1.81. The molecule has 0 rings (SSSR count). The Morgan fingerprint density at radius 3 is 0.240 bits per heavy atom. The van der Waals surface area contributed by atoms with Crippen molar-refractivity contribution < 1.29 is 0 Å². The van der Waals surface area contributed by atoms with E-state index in [2.05, 4.69) is 505 Å². The molecule has 506 valence electrons. The molecule has 0 saturated heterocycles. The normalized spacial score (nSPS) is 15.7. The van der Waals surface area contributed by atoms with Crippen LogP contribution in [-0.2, 0) is 0 Å². The molecule has 0 unspecified atom stereocenters. The first-order chi connectivity index (χ1) is 49.8. The summed E-state index contributed by atoms with van der Waals surface area (Å²) in [5.74, 6) is 4.64. The Morgan fingerprint density at radius 2 is 0.180 bits per heavy atom. The molecule has 0 spiro atoms. The van der Waals surface area contributed by atoms with Gasteiger partial charge in [-0.3, -0.25) is 0 Å². The summed E-state index contributed by atoms with van der Waals surface area (Å²) in [5.41, 5.74) is 0. The minimum absolute atomic E-state index is 1.70. The predicted molar refractivity (Wildman–Crippen MR) is 267 cm³/mol. The Bertz CT molecular complexity index is 3790. The zero-order chi connectivity index (χ0) is 71.5. The SMILES string of the molecule is N#I(I)\N=N/N=N\N=N/N=N\N=N/N=N\N=N/N=N\N=N/N=N\N=N/N=N\N=N/N=N\N=N/N=N\N=N/N=N\N=N/N=N\N=N/N=N\N=N/N=N\N=N/N=N\N=N/N=N\N=N/N=N\N=N/N=N\N=N/N=N\N=N/N=N\N=N/N=N\N=N/N=N\N=N/N=N\N=N/N=N\N=N/N=N\N=N/N=N\N. The zero-order valence-corrected chi connectivity index (χ0v) is 49.0. The number of halogens is 2. The molecule has 0 aliphatic rings. The van der Waals surface area contributed by atoms with Crippen molar-refractivity contribution in [3.8, 4) is 0 Å². The molecule has 0 radical (unpaired) electrons. The highest BCUT2D eigenvalue weighted by Crippen LogP contribution is 2.30. The highest BCUT2D eigenvalue weighted by molar-refractivity contribution is 15.1. The van der Waals surface area contributed by atoms with E-state index in [-0.39, 0.29) is 0 Å². The smallest absolute Gasteiger partial charge is 0.239 e. The third kappa shape index (κ3) is 79.8. The molecule has 100 heteroatoms. The van der Waals surface area contributed by atoms with Gasteiger partial charge in [0.05, 0.1) is 0 Å². The largest absolute Gasteiger partial charge is 0.303 e. The van der Waals surface area contributed by atoms with Crippen molar-refractivity contribution in [3.05, 3.63) is 0 Å². The van der Waals surface area contributed by atoms with Gasteiger partial charge in [-0.25, -0.2) is 3.37 Å².